The number of piperazine rings is 1. The summed E-state index contributed by atoms with van der Waals surface area (Å²) in [6.45, 7) is 3.85. The summed E-state index contributed by atoms with van der Waals surface area (Å²) in [5.41, 5.74) is 4.21. The van der Waals surface area contributed by atoms with Crippen molar-refractivity contribution in [2.75, 3.05) is 45.7 Å². The first-order chi connectivity index (χ1) is 17.1. The van der Waals surface area contributed by atoms with Crippen LogP contribution in [0.15, 0.2) is 36.4 Å². The van der Waals surface area contributed by atoms with E-state index < -0.39 is 5.41 Å². The van der Waals surface area contributed by atoms with Crippen molar-refractivity contribution >= 4 is 17.6 Å². The van der Waals surface area contributed by atoms with Gasteiger partial charge < -0.3 is 20.1 Å². The number of benzene rings is 2. The summed E-state index contributed by atoms with van der Waals surface area (Å²) in [6.07, 6.45) is 5.32. The molecule has 2 N–H and O–H groups in total. The molecule has 0 radical (unpaired) electrons. The van der Waals surface area contributed by atoms with Crippen LogP contribution in [0.1, 0.15) is 65.2 Å². The molecule has 2 unspecified atom stereocenters. The predicted molar refractivity (Wildman–Crippen MR) is 135 cm³/mol. The molecule has 0 bridgehead atoms. The Labute approximate surface area is 207 Å². The summed E-state index contributed by atoms with van der Waals surface area (Å²) in [7, 11) is 3.14. The molecule has 0 saturated carbocycles. The van der Waals surface area contributed by atoms with Gasteiger partial charge in [-0.2, -0.15) is 0 Å². The predicted octanol–water partition coefficient (Wildman–Crippen LogP) is 3.82. The minimum absolute atomic E-state index is 0.0875. The highest BCUT2D eigenvalue weighted by atomic mass is 16.5. The van der Waals surface area contributed by atoms with Crippen LogP contribution in [0.25, 0.3) is 0 Å². The topological polar surface area (TPSA) is 79.9 Å². The van der Waals surface area contributed by atoms with Crippen LogP contribution < -0.4 is 15.4 Å². The molecule has 2 aromatic carbocycles. The SMILES string of the molecule is COC(=O)c1ccc2c3c1CCCC3(CCCCN1CCNCC1c1ccccc1OC)C(=O)N2. The van der Waals surface area contributed by atoms with Gasteiger partial charge in [0.05, 0.1) is 31.2 Å². The smallest absolute Gasteiger partial charge is 0.338 e. The third-order valence-electron chi connectivity index (χ3n) is 8.06. The molecule has 186 valence electrons. The minimum atomic E-state index is -0.529. The molecule has 35 heavy (non-hydrogen) atoms. The molecule has 3 aliphatic rings. The number of carbonyl (C=O) groups excluding carboxylic acids is 2. The molecule has 1 amide bonds. The molecule has 2 heterocycles. The van der Waals surface area contributed by atoms with Crippen molar-refractivity contribution in [1.82, 2.24) is 10.2 Å². The second-order valence-electron chi connectivity index (χ2n) is 9.85. The number of hydrogen-bond donors (Lipinski definition) is 2. The standard InChI is InChI=1S/C28H35N3O4/c1-34-24-10-4-3-8-21(24)23-18-29-15-17-31(23)16-6-5-13-28-14-7-9-19-20(26(32)35-2)11-12-22(25(19)28)30-27(28)33/h3-4,8,10-12,23,29H,5-7,9,13-18H2,1-2H3,(H,30,33). The average Bonchev–Trinajstić information content (AvgIpc) is 3.19. The normalized spacial score (nSPS) is 23.5. The Hall–Kier alpha value is -2.90. The zero-order valence-corrected chi connectivity index (χ0v) is 20.7. The van der Waals surface area contributed by atoms with Crippen LogP contribution in [0.5, 0.6) is 5.75 Å². The molecule has 2 aromatic rings. The van der Waals surface area contributed by atoms with E-state index in [2.05, 4.69) is 27.7 Å². The summed E-state index contributed by atoms with van der Waals surface area (Å²) in [5, 5.41) is 6.64. The van der Waals surface area contributed by atoms with Crippen molar-refractivity contribution in [3.63, 3.8) is 0 Å². The van der Waals surface area contributed by atoms with Gasteiger partial charge in [0.15, 0.2) is 0 Å². The van der Waals surface area contributed by atoms with Gasteiger partial charge in [0.25, 0.3) is 0 Å². The fraction of sp³-hybridized carbons (Fsp3) is 0.500. The van der Waals surface area contributed by atoms with Crippen LogP contribution in [-0.4, -0.2) is 57.2 Å². The molecule has 1 saturated heterocycles. The highest BCUT2D eigenvalue weighted by Gasteiger charge is 2.49. The number of amides is 1. The summed E-state index contributed by atoms with van der Waals surface area (Å²) in [6, 6.07) is 12.2. The van der Waals surface area contributed by atoms with Crippen molar-refractivity contribution < 1.29 is 19.1 Å². The fourth-order valence-corrected chi connectivity index (χ4v) is 6.39. The van der Waals surface area contributed by atoms with Crippen molar-refractivity contribution in [2.45, 2.75) is 50.0 Å². The van der Waals surface area contributed by atoms with E-state index in [-0.39, 0.29) is 17.9 Å². The number of hydrogen-bond acceptors (Lipinski definition) is 6. The van der Waals surface area contributed by atoms with Gasteiger partial charge in [-0.15, -0.1) is 0 Å². The van der Waals surface area contributed by atoms with Gasteiger partial charge in [-0.05, 0) is 68.0 Å². The maximum atomic E-state index is 13.3. The Balaban J connectivity index is 1.30. The van der Waals surface area contributed by atoms with E-state index in [1.165, 1.54) is 12.7 Å². The number of rotatable bonds is 8. The third-order valence-corrected chi connectivity index (χ3v) is 8.06. The molecule has 0 spiro atoms. The molecule has 5 rings (SSSR count). The van der Waals surface area contributed by atoms with Crippen molar-refractivity contribution in [1.29, 1.82) is 0 Å². The Kier molecular flexibility index (Phi) is 6.80. The van der Waals surface area contributed by atoms with E-state index in [0.29, 0.717) is 5.56 Å². The maximum absolute atomic E-state index is 13.3. The van der Waals surface area contributed by atoms with Crippen LogP contribution >= 0.6 is 0 Å². The first kappa shape index (κ1) is 23.8. The average molecular weight is 478 g/mol. The van der Waals surface area contributed by atoms with Gasteiger partial charge in [0.1, 0.15) is 5.75 Å². The summed E-state index contributed by atoms with van der Waals surface area (Å²) >= 11 is 0. The lowest BCUT2D eigenvalue weighted by atomic mass is 9.67. The molecular formula is C28H35N3O4. The summed E-state index contributed by atoms with van der Waals surface area (Å²) in [4.78, 5) is 28.2. The van der Waals surface area contributed by atoms with Crippen LogP contribution in [0.3, 0.4) is 0 Å². The lowest BCUT2D eigenvalue weighted by molar-refractivity contribution is -0.121. The molecular weight excluding hydrogens is 442 g/mol. The Morgan fingerprint density at radius 3 is 2.86 bits per heavy atom. The Bertz CT molecular complexity index is 1120. The van der Waals surface area contributed by atoms with Crippen molar-refractivity contribution in [2.24, 2.45) is 0 Å². The van der Waals surface area contributed by atoms with Gasteiger partial charge in [0.2, 0.25) is 5.91 Å². The number of para-hydroxylation sites is 1. The molecule has 7 nitrogen and oxygen atoms in total. The van der Waals surface area contributed by atoms with Gasteiger partial charge in [-0.3, -0.25) is 9.69 Å². The Morgan fingerprint density at radius 1 is 1.17 bits per heavy atom. The third kappa shape index (κ3) is 4.21. The Morgan fingerprint density at radius 2 is 2.03 bits per heavy atom. The lowest BCUT2D eigenvalue weighted by Gasteiger charge is -2.37. The quantitative estimate of drug-likeness (QED) is 0.445. The first-order valence-electron chi connectivity index (χ1n) is 12.7. The second-order valence-corrected chi connectivity index (χ2v) is 9.85. The zero-order chi connectivity index (χ0) is 24.4. The highest BCUT2D eigenvalue weighted by molar-refractivity contribution is 6.08. The summed E-state index contributed by atoms with van der Waals surface area (Å²) in [5.74, 6) is 0.698. The van der Waals surface area contributed by atoms with E-state index >= 15 is 0 Å². The van der Waals surface area contributed by atoms with Gasteiger partial charge >= 0.3 is 5.97 Å². The number of ether oxygens (including phenoxy) is 2. The number of unbranched alkanes of at least 4 members (excludes halogenated alkanes) is 1. The lowest BCUT2D eigenvalue weighted by Crippen LogP contribution is -2.46. The molecule has 1 aliphatic carbocycles. The van der Waals surface area contributed by atoms with E-state index in [1.54, 1.807) is 13.2 Å². The number of esters is 1. The first-order valence-corrected chi connectivity index (χ1v) is 12.7. The van der Waals surface area contributed by atoms with E-state index in [1.807, 2.05) is 18.2 Å². The van der Waals surface area contributed by atoms with E-state index in [9.17, 15) is 9.59 Å². The maximum Gasteiger partial charge on any atom is 0.338 e. The zero-order valence-electron chi connectivity index (χ0n) is 20.7. The highest BCUT2D eigenvalue weighted by Crippen LogP contribution is 2.50. The van der Waals surface area contributed by atoms with Gasteiger partial charge in [0, 0.05) is 30.9 Å². The molecule has 2 aliphatic heterocycles. The van der Waals surface area contributed by atoms with Crippen LogP contribution in [-0.2, 0) is 21.4 Å². The van der Waals surface area contributed by atoms with Crippen molar-refractivity contribution in [3.8, 4) is 5.75 Å². The number of nitrogens with one attached hydrogen (secondary N) is 2. The van der Waals surface area contributed by atoms with Crippen molar-refractivity contribution in [3.05, 3.63) is 58.7 Å². The van der Waals surface area contributed by atoms with Crippen LogP contribution in [0.4, 0.5) is 5.69 Å². The monoisotopic (exact) mass is 477 g/mol. The second kappa shape index (κ2) is 9.99. The number of carbonyl (C=O) groups is 2. The van der Waals surface area contributed by atoms with Crippen LogP contribution in [0, 0.1) is 0 Å². The number of methoxy groups -OCH3 is 2. The molecule has 1 fully saturated rings. The van der Waals surface area contributed by atoms with Crippen LogP contribution in [0.2, 0.25) is 0 Å². The number of nitrogens with zero attached hydrogens (tertiary/aromatic N) is 1. The fourth-order valence-electron chi connectivity index (χ4n) is 6.39. The molecule has 0 aromatic heterocycles. The van der Waals surface area contributed by atoms with Gasteiger partial charge in [-0.1, -0.05) is 24.6 Å². The molecule has 7 heteroatoms. The van der Waals surface area contributed by atoms with Gasteiger partial charge in [-0.25, -0.2) is 4.79 Å². The molecule has 2 atom stereocenters. The largest absolute Gasteiger partial charge is 0.496 e. The number of anilines is 1. The minimum Gasteiger partial charge on any atom is -0.496 e. The van der Waals surface area contributed by atoms with E-state index in [4.69, 9.17) is 9.47 Å². The summed E-state index contributed by atoms with van der Waals surface area (Å²) < 4.78 is 10.7. The van der Waals surface area contributed by atoms with E-state index in [0.717, 1.165) is 87.3 Å².